The molecule has 2 amide bonds. The highest BCUT2D eigenvalue weighted by Crippen LogP contribution is 2.35. The lowest BCUT2D eigenvalue weighted by atomic mass is 9.77. The maximum Gasteiger partial charge on any atom is 0.274 e. The van der Waals surface area contributed by atoms with E-state index in [9.17, 15) is 9.59 Å². The fourth-order valence-corrected chi connectivity index (χ4v) is 3.61. The van der Waals surface area contributed by atoms with Gasteiger partial charge in [0.05, 0.1) is 12.8 Å². The summed E-state index contributed by atoms with van der Waals surface area (Å²) < 4.78 is 5.91. The van der Waals surface area contributed by atoms with Crippen LogP contribution in [0, 0.1) is 5.41 Å². The normalized spacial score (nSPS) is 19.5. The van der Waals surface area contributed by atoms with Gasteiger partial charge in [0.25, 0.3) is 5.91 Å². The van der Waals surface area contributed by atoms with E-state index in [2.05, 4.69) is 9.97 Å². The summed E-state index contributed by atoms with van der Waals surface area (Å²) in [7, 11) is 0. The SMILES string of the molecule is NC(=O)C[C@]1(COc2cccc(Cl)c2)CCCN(C(=O)c2cnccn2)C1. The first-order chi connectivity index (χ1) is 13.0. The monoisotopic (exact) mass is 388 g/mol. The van der Waals surface area contributed by atoms with Crippen molar-refractivity contribution in [2.75, 3.05) is 19.7 Å². The zero-order chi connectivity index (χ0) is 19.3. The Kier molecular flexibility index (Phi) is 5.91. The number of halogens is 1. The van der Waals surface area contributed by atoms with Gasteiger partial charge in [-0.15, -0.1) is 0 Å². The van der Waals surface area contributed by atoms with Crippen molar-refractivity contribution >= 4 is 23.4 Å². The Balaban J connectivity index is 1.76. The minimum absolute atomic E-state index is 0.137. The number of likely N-dealkylation sites (tertiary alicyclic amines) is 1. The Morgan fingerprint density at radius 3 is 2.89 bits per heavy atom. The van der Waals surface area contributed by atoms with Crippen molar-refractivity contribution in [1.29, 1.82) is 0 Å². The van der Waals surface area contributed by atoms with Crippen LogP contribution in [0.4, 0.5) is 0 Å². The Bertz CT molecular complexity index is 818. The van der Waals surface area contributed by atoms with Crippen LogP contribution < -0.4 is 10.5 Å². The van der Waals surface area contributed by atoms with Gasteiger partial charge in [-0.1, -0.05) is 17.7 Å². The van der Waals surface area contributed by atoms with E-state index in [-0.39, 0.29) is 24.6 Å². The lowest BCUT2D eigenvalue weighted by Crippen LogP contribution is -2.50. The topological polar surface area (TPSA) is 98.4 Å². The molecule has 8 heteroatoms. The number of benzene rings is 1. The number of nitrogens with zero attached hydrogens (tertiary/aromatic N) is 3. The number of hydrogen-bond acceptors (Lipinski definition) is 5. The van der Waals surface area contributed by atoms with Gasteiger partial charge < -0.3 is 15.4 Å². The number of carbonyl (C=O) groups excluding carboxylic acids is 2. The number of rotatable bonds is 6. The fourth-order valence-electron chi connectivity index (χ4n) is 3.43. The Morgan fingerprint density at radius 2 is 2.19 bits per heavy atom. The lowest BCUT2D eigenvalue weighted by Gasteiger charge is -2.42. The number of aromatic nitrogens is 2. The van der Waals surface area contributed by atoms with Gasteiger partial charge in [-0.2, -0.15) is 0 Å². The molecule has 2 heterocycles. The third-order valence-corrected chi connectivity index (χ3v) is 4.86. The molecule has 1 aromatic carbocycles. The van der Waals surface area contributed by atoms with Crippen molar-refractivity contribution in [1.82, 2.24) is 14.9 Å². The van der Waals surface area contributed by atoms with Crippen molar-refractivity contribution in [2.45, 2.75) is 19.3 Å². The summed E-state index contributed by atoms with van der Waals surface area (Å²) in [5, 5.41) is 0.569. The number of ether oxygens (including phenoxy) is 1. The third kappa shape index (κ3) is 4.95. The van der Waals surface area contributed by atoms with Crippen LogP contribution in [0.1, 0.15) is 29.8 Å². The van der Waals surface area contributed by atoms with E-state index in [1.54, 1.807) is 29.2 Å². The second-order valence-electron chi connectivity index (χ2n) is 6.81. The number of hydrogen-bond donors (Lipinski definition) is 1. The summed E-state index contributed by atoms with van der Waals surface area (Å²) in [5.74, 6) is -0.0124. The first kappa shape index (κ1) is 19.1. The zero-order valence-corrected chi connectivity index (χ0v) is 15.6. The van der Waals surface area contributed by atoms with Gasteiger partial charge in [-0.3, -0.25) is 14.6 Å². The predicted octanol–water partition coefficient (Wildman–Crippen LogP) is 2.31. The van der Waals surface area contributed by atoms with Crippen LogP contribution in [0.15, 0.2) is 42.9 Å². The highest BCUT2D eigenvalue weighted by Gasteiger charge is 2.40. The van der Waals surface area contributed by atoms with Gasteiger partial charge in [-0.25, -0.2) is 4.98 Å². The Labute approximate surface area is 162 Å². The van der Waals surface area contributed by atoms with Gasteiger partial charge in [0.1, 0.15) is 11.4 Å². The molecular formula is C19H21ClN4O3. The van der Waals surface area contributed by atoms with Crippen molar-refractivity contribution < 1.29 is 14.3 Å². The molecule has 2 N–H and O–H groups in total. The van der Waals surface area contributed by atoms with Gasteiger partial charge in [0.15, 0.2) is 0 Å². The highest BCUT2D eigenvalue weighted by molar-refractivity contribution is 6.30. The van der Waals surface area contributed by atoms with E-state index in [4.69, 9.17) is 22.1 Å². The van der Waals surface area contributed by atoms with Crippen LogP contribution >= 0.6 is 11.6 Å². The summed E-state index contributed by atoms with van der Waals surface area (Å²) in [5.41, 5.74) is 5.22. The quantitative estimate of drug-likeness (QED) is 0.818. The van der Waals surface area contributed by atoms with Crippen LogP contribution in [0.3, 0.4) is 0 Å². The molecule has 2 aromatic rings. The molecule has 3 rings (SSSR count). The third-order valence-electron chi connectivity index (χ3n) is 4.62. The number of primary amides is 1. The Hall–Kier alpha value is -2.67. The number of carbonyl (C=O) groups is 2. The average Bonchev–Trinajstić information content (AvgIpc) is 2.66. The molecule has 1 fully saturated rings. The second kappa shape index (κ2) is 8.35. The van der Waals surface area contributed by atoms with E-state index in [1.807, 2.05) is 0 Å². The smallest absolute Gasteiger partial charge is 0.274 e. The van der Waals surface area contributed by atoms with Gasteiger partial charge >= 0.3 is 0 Å². The minimum atomic E-state index is -0.551. The van der Waals surface area contributed by atoms with Gasteiger partial charge in [0, 0.05) is 42.3 Å². The maximum absolute atomic E-state index is 12.7. The van der Waals surface area contributed by atoms with Crippen molar-refractivity contribution in [3.8, 4) is 5.75 Å². The van der Waals surface area contributed by atoms with Crippen molar-refractivity contribution in [3.05, 3.63) is 53.6 Å². The molecule has 0 aliphatic carbocycles. The summed E-state index contributed by atoms with van der Waals surface area (Å²) in [6.07, 6.45) is 6.06. The summed E-state index contributed by atoms with van der Waals surface area (Å²) in [6, 6.07) is 7.07. The second-order valence-corrected chi connectivity index (χ2v) is 7.25. The zero-order valence-electron chi connectivity index (χ0n) is 14.8. The summed E-state index contributed by atoms with van der Waals surface area (Å²) in [4.78, 5) is 34.2. The molecule has 7 nitrogen and oxygen atoms in total. The van der Waals surface area contributed by atoms with Crippen LogP contribution in [0.25, 0.3) is 0 Å². The molecule has 1 atom stereocenters. The number of amides is 2. The van der Waals surface area contributed by atoms with E-state index >= 15 is 0 Å². The maximum atomic E-state index is 12.7. The number of piperidine rings is 1. The van der Waals surface area contributed by atoms with E-state index < -0.39 is 11.3 Å². The molecule has 1 aliphatic heterocycles. The van der Waals surface area contributed by atoms with Gasteiger partial charge in [0.2, 0.25) is 5.91 Å². The van der Waals surface area contributed by atoms with Crippen molar-refractivity contribution in [2.24, 2.45) is 11.1 Å². The Morgan fingerprint density at radius 1 is 1.33 bits per heavy atom. The highest BCUT2D eigenvalue weighted by atomic mass is 35.5. The first-order valence-corrected chi connectivity index (χ1v) is 9.07. The molecule has 1 aliphatic rings. The van der Waals surface area contributed by atoms with Gasteiger partial charge in [-0.05, 0) is 31.0 Å². The fraction of sp³-hybridized carbons (Fsp3) is 0.368. The molecule has 0 radical (unpaired) electrons. The molecule has 27 heavy (non-hydrogen) atoms. The van der Waals surface area contributed by atoms with Crippen LogP contribution in [0.2, 0.25) is 5.02 Å². The lowest BCUT2D eigenvalue weighted by molar-refractivity contribution is -0.122. The molecule has 0 spiro atoms. The van der Waals surface area contributed by atoms with E-state index in [0.29, 0.717) is 23.9 Å². The summed E-state index contributed by atoms with van der Waals surface area (Å²) in [6.45, 7) is 1.22. The molecule has 0 bridgehead atoms. The minimum Gasteiger partial charge on any atom is -0.493 e. The molecule has 0 saturated carbocycles. The summed E-state index contributed by atoms with van der Waals surface area (Å²) >= 11 is 6.00. The van der Waals surface area contributed by atoms with Crippen LogP contribution in [-0.4, -0.2) is 46.4 Å². The molecule has 142 valence electrons. The molecule has 1 saturated heterocycles. The van der Waals surface area contributed by atoms with Crippen molar-refractivity contribution in [3.63, 3.8) is 0 Å². The average molecular weight is 389 g/mol. The van der Waals surface area contributed by atoms with Crippen LogP contribution in [0.5, 0.6) is 5.75 Å². The molecule has 1 aromatic heterocycles. The van der Waals surface area contributed by atoms with E-state index in [0.717, 1.165) is 12.8 Å². The van der Waals surface area contributed by atoms with Crippen LogP contribution in [-0.2, 0) is 4.79 Å². The largest absolute Gasteiger partial charge is 0.493 e. The first-order valence-electron chi connectivity index (χ1n) is 8.69. The van der Waals surface area contributed by atoms with E-state index in [1.165, 1.54) is 18.6 Å². The predicted molar refractivity (Wildman–Crippen MR) is 100 cm³/mol. The molecule has 0 unspecified atom stereocenters. The standard InChI is InChI=1S/C19H21ClN4O3/c20-14-3-1-4-15(9-14)27-13-19(10-17(21)25)5-2-8-24(12-19)18(26)16-11-22-6-7-23-16/h1,3-4,6-7,9,11H,2,5,8,10,12-13H2,(H2,21,25)/t19-/m1/s1. The number of nitrogens with two attached hydrogens (primary N) is 1. The molecular weight excluding hydrogens is 368 g/mol.